The van der Waals surface area contributed by atoms with E-state index in [4.69, 9.17) is 10.8 Å². The fourth-order valence-electron chi connectivity index (χ4n) is 1.61. The molecule has 3 N–H and O–H groups in total. The van der Waals surface area contributed by atoms with Crippen molar-refractivity contribution in [2.24, 2.45) is 5.73 Å². The Morgan fingerprint density at radius 2 is 2.46 bits per heavy atom. The lowest BCUT2D eigenvalue weighted by Crippen LogP contribution is -2.42. The van der Waals surface area contributed by atoms with Gasteiger partial charge >= 0.3 is 5.97 Å². The summed E-state index contributed by atoms with van der Waals surface area (Å²) in [6, 6.07) is 1.96. The van der Waals surface area contributed by atoms with Crippen molar-refractivity contribution in [3.8, 4) is 0 Å². The number of hydrogen-bond acceptors (Lipinski definition) is 3. The van der Waals surface area contributed by atoms with Gasteiger partial charge in [0.15, 0.2) is 0 Å². The van der Waals surface area contributed by atoms with Crippen LogP contribution >= 0.6 is 27.3 Å². The van der Waals surface area contributed by atoms with Crippen molar-refractivity contribution >= 4 is 33.2 Å². The highest BCUT2D eigenvalue weighted by Gasteiger charge is 2.43. The summed E-state index contributed by atoms with van der Waals surface area (Å²) in [5, 5.41) is 8.99. The molecule has 1 atom stereocenters. The summed E-state index contributed by atoms with van der Waals surface area (Å²) in [6.07, 6.45) is 1.27. The molecule has 0 saturated carbocycles. The number of hydrogen-bond donors (Lipinski definition) is 2. The second-order valence-electron chi connectivity index (χ2n) is 3.18. The fraction of sp³-hybridized carbons (Fsp3) is 0.375. The van der Waals surface area contributed by atoms with E-state index in [0.29, 0.717) is 6.42 Å². The summed E-state index contributed by atoms with van der Waals surface area (Å²) < 4.78 is 0.952. The van der Waals surface area contributed by atoms with Gasteiger partial charge in [-0.25, -0.2) is 4.79 Å². The molecule has 13 heavy (non-hydrogen) atoms. The smallest absolute Gasteiger partial charge is 0.329 e. The van der Waals surface area contributed by atoms with Crippen molar-refractivity contribution in [1.82, 2.24) is 0 Å². The number of rotatable bonds is 1. The van der Waals surface area contributed by atoms with Crippen molar-refractivity contribution in [3.63, 3.8) is 0 Å². The Bertz CT molecular complexity index is 376. The zero-order chi connectivity index (χ0) is 9.64. The SMILES string of the molecule is NC1(C(=O)O)CCc2cc(Br)sc21. The van der Waals surface area contributed by atoms with Crippen molar-refractivity contribution in [2.75, 3.05) is 0 Å². The van der Waals surface area contributed by atoms with Crippen LogP contribution in [0.3, 0.4) is 0 Å². The van der Waals surface area contributed by atoms with Crippen LogP contribution in [0.2, 0.25) is 0 Å². The minimum Gasteiger partial charge on any atom is -0.480 e. The van der Waals surface area contributed by atoms with Gasteiger partial charge in [-0.1, -0.05) is 0 Å². The molecule has 0 aliphatic heterocycles. The van der Waals surface area contributed by atoms with Crippen molar-refractivity contribution in [2.45, 2.75) is 18.4 Å². The Morgan fingerprint density at radius 3 is 3.08 bits per heavy atom. The largest absolute Gasteiger partial charge is 0.480 e. The molecule has 1 aromatic heterocycles. The molecular formula is C8H8BrNO2S. The van der Waals surface area contributed by atoms with Gasteiger partial charge in [0.2, 0.25) is 0 Å². The van der Waals surface area contributed by atoms with Crippen LogP contribution in [0.1, 0.15) is 16.9 Å². The van der Waals surface area contributed by atoms with Gasteiger partial charge < -0.3 is 10.8 Å². The lowest BCUT2D eigenvalue weighted by Gasteiger charge is -2.17. The first-order valence-electron chi connectivity index (χ1n) is 3.85. The average Bonchev–Trinajstić information content (AvgIpc) is 2.53. The summed E-state index contributed by atoms with van der Waals surface area (Å²) in [7, 11) is 0. The molecule has 1 heterocycles. The normalized spacial score (nSPS) is 26.0. The third-order valence-corrected chi connectivity index (χ3v) is 4.21. The van der Waals surface area contributed by atoms with Gasteiger partial charge in [0, 0.05) is 4.88 Å². The third kappa shape index (κ3) is 1.22. The summed E-state index contributed by atoms with van der Waals surface area (Å²) in [4.78, 5) is 11.8. The Morgan fingerprint density at radius 1 is 1.77 bits per heavy atom. The molecule has 0 bridgehead atoms. The maximum atomic E-state index is 11.0. The van der Waals surface area contributed by atoms with Crippen LogP contribution in [0.5, 0.6) is 0 Å². The van der Waals surface area contributed by atoms with Gasteiger partial charge in [-0.15, -0.1) is 11.3 Å². The second-order valence-corrected chi connectivity index (χ2v) is 5.61. The Kier molecular flexibility index (Phi) is 1.98. The summed E-state index contributed by atoms with van der Waals surface area (Å²) >= 11 is 4.75. The molecular weight excluding hydrogens is 254 g/mol. The molecule has 1 aliphatic carbocycles. The number of halogens is 1. The van der Waals surface area contributed by atoms with Crippen LogP contribution in [0, 0.1) is 0 Å². The van der Waals surface area contributed by atoms with E-state index in [1.54, 1.807) is 0 Å². The number of carboxylic acids is 1. The van der Waals surface area contributed by atoms with E-state index in [2.05, 4.69) is 15.9 Å². The van der Waals surface area contributed by atoms with Crippen LogP contribution in [0.15, 0.2) is 9.85 Å². The van der Waals surface area contributed by atoms with Crippen LogP contribution in [-0.4, -0.2) is 11.1 Å². The second kappa shape index (κ2) is 2.80. The van der Waals surface area contributed by atoms with E-state index in [9.17, 15) is 4.79 Å². The zero-order valence-corrected chi connectivity index (χ0v) is 9.11. The highest BCUT2D eigenvalue weighted by molar-refractivity contribution is 9.11. The Balaban J connectivity index is 2.53. The monoisotopic (exact) mass is 261 g/mol. The van der Waals surface area contributed by atoms with E-state index in [1.165, 1.54) is 11.3 Å². The quantitative estimate of drug-likeness (QED) is 0.809. The number of carboxylic acid groups (broad SMARTS) is 1. The number of thiophene rings is 1. The molecule has 0 spiro atoms. The lowest BCUT2D eigenvalue weighted by atomic mass is 10.0. The molecule has 2 rings (SSSR count). The molecule has 1 aliphatic rings. The minimum atomic E-state index is -1.15. The maximum absolute atomic E-state index is 11.0. The summed E-state index contributed by atoms with van der Waals surface area (Å²) in [5.74, 6) is -0.930. The lowest BCUT2D eigenvalue weighted by molar-refractivity contribution is -0.143. The number of aryl methyl sites for hydroxylation is 1. The zero-order valence-electron chi connectivity index (χ0n) is 6.71. The molecule has 0 radical (unpaired) electrons. The third-order valence-electron chi connectivity index (χ3n) is 2.35. The number of carbonyl (C=O) groups is 1. The predicted octanol–water partition coefficient (Wildman–Crippen LogP) is 1.70. The first kappa shape index (κ1) is 9.18. The molecule has 0 amide bonds. The molecule has 0 aromatic carbocycles. The first-order chi connectivity index (χ1) is 6.04. The van der Waals surface area contributed by atoms with Gasteiger partial charge in [0.25, 0.3) is 0 Å². The van der Waals surface area contributed by atoms with E-state index in [1.807, 2.05) is 6.07 Å². The molecule has 5 heteroatoms. The van der Waals surface area contributed by atoms with Crippen molar-refractivity contribution in [3.05, 3.63) is 20.3 Å². The van der Waals surface area contributed by atoms with Crippen LogP contribution < -0.4 is 5.73 Å². The maximum Gasteiger partial charge on any atom is 0.329 e. The van der Waals surface area contributed by atoms with Crippen LogP contribution in [0.25, 0.3) is 0 Å². The number of fused-ring (bicyclic) bond motifs is 1. The van der Waals surface area contributed by atoms with Gasteiger partial charge in [0.05, 0.1) is 3.79 Å². The minimum absolute atomic E-state index is 0.511. The van der Waals surface area contributed by atoms with Gasteiger partial charge in [-0.2, -0.15) is 0 Å². The molecule has 3 nitrogen and oxygen atoms in total. The van der Waals surface area contributed by atoms with Crippen LogP contribution in [-0.2, 0) is 16.8 Å². The van der Waals surface area contributed by atoms with Gasteiger partial charge in [-0.3, -0.25) is 0 Å². The van der Waals surface area contributed by atoms with Crippen molar-refractivity contribution < 1.29 is 9.90 Å². The molecule has 1 aromatic rings. The topological polar surface area (TPSA) is 63.3 Å². The summed E-state index contributed by atoms with van der Waals surface area (Å²) in [5.41, 5.74) is 5.74. The highest BCUT2D eigenvalue weighted by Crippen LogP contribution is 2.42. The number of nitrogens with two attached hydrogens (primary N) is 1. The Hall–Kier alpha value is -0.390. The number of aliphatic carboxylic acids is 1. The molecule has 0 fully saturated rings. The van der Waals surface area contributed by atoms with E-state index >= 15 is 0 Å². The van der Waals surface area contributed by atoms with Gasteiger partial charge in [-0.05, 0) is 40.4 Å². The summed E-state index contributed by atoms with van der Waals surface area (Å²) in [6.45, 7) is 0. The average molecular weight is 262 g/mol. The van der Waals surface area contributed by atoms with E-state index in [-0.39, 0.29) is 0 Å². The Labute approximate surface area is 87.7 Å². The van der Waals surface area contributed by atoms with E-state index in [0.717, 1.165) is 20.6 Å². The standard InChI is InChI=1S/C8H8BrNO2S/c9-5-3-4-1-2-8(10,7(11)12)6(4)13-5/h3H,1-2,10H2,(H,11,12). The highest BCUT2D eigenvalue weighted by atomic mass is 79.9. The van der Waals surface area contributed by atoms with Crippen LogP contribution in [0.4, 0.5) is 0 Å². The predicted molar refractivity (Wildman–Crippen MR) is 53.8 cm³/mol. The van der Waals surface area contributed by atoms with E-state index < -0.39 is 11.5 Å². The first-order valence-corrected chi connectivity index (χ1v) is 5.46. The molecule has 0 saturated heterocycles. The molecule has 70 valence electrons. The molecule has 1 unspecified atom stereocenters. The van der Waals surface area contributed by atoms with Gasteiger partial charge in [0.1, 0.15) is 5.54 Å². The fourth-order valence-corrected chi connectivity index (χ4v) is 3.43. The van der Waals surface area contributed by atoms with Crippen molar-refractivity contribution in [1.29, 1.82) is 0 Å².